The average molecular weight is 673 g/mol. The Bertz CT molecular complexity index is 2240. The Labute approximate surface area is 306 Å². The first-order valence-corrected chi connectivity index (χ1v) is 17.5. The molecule has 4 nitrogen and oxygen atoms in total. The van der Waals surface area contributed by atoms with Gasteiger partial charge in [-0.3, -0.25) is 0 Å². The summed E-state index contributed by atoms with van der Waals surface area (Å²) in [6.45, 7) is 11.0. The molecule has 252 valence electrons. The van der Waals surface area contributed by atoms with Crippen LogP contribution in [0, 0.1) is 0 Å². The maximum absolute atomic E-state index is 5.02. The van der Waals surface area contributed by atoms with Gasteiger partial charge in [0, 0.05) is 33.2 Å². The monoisotopic (exact) mass is 672 g/mol. The van der Waals surface area contributed by atoms with Crippen molar-refractivity contribution in [2.45, 2.75) is 26.2 Å². The van der Waals surface area contributed by atoms with Crippen LogP contribution >= 0.6 is 0 Å². The molecule has 0 aliphatic rings. The second-order valence-corrected chi connectivity index (χ2v) is 13.2. The van der Waals surface area contributed by atoms with Gasteiger partial charge in [0.2, 0.25) is 0 Å². The van der Waals surface area contributed by atoms with E-state index in [0.717, 1.165) is 67.3 Å². The van der Waals surface area contributed by atoms with Crippen LogP contribution in [0.4, 0.5) is 0 Å². The highest BCUT2D eigenvalue weighted by Crippen LogP contribution is 2.35. The van der Waals surface area contributed by atoms with E-state index in [0.29, 0.717) is 11.6 Å². The molecule has 7 rings (SSSR count). The number of hydrogen-bond acceptors (Lipinski definition) is 4. The topological polar surface area (TPSA) is 51.6 Å². The number of allylic oxidation sites excluding steroid dienone is 5. The number of rotatable bonds is 10. The zero-order valence-electron chi connectivity index (χ0n) is 29.7. The fourth-order valence-electron chi connectivity index (χ4n) is 6.11. The normalized spacial score (nSPS) is 11.9. The molecule has 0 saturated heterocycles. The maximum atomic E-state index is 5.02. The predicted octanol–water partition coefficient (Wildman–Crippen LogP) is 12.1. The summed E-state index contributed by atoms with van der Waals surface area (Å²) in [4.78, 5) is 19.9. The van der Waals surface area contributed by atoms with E-state index < -0.39 is 0 Å². The SMILES string of the molecule is C=C(/C=C\C(=C/C)c1cc(-c2ccccc2)nc(-c2ccccc2)n1)C(C)(C)c1ccc(-c2cc(-c3ccccc3)nc(-c3ccccc3)n2)cc1. The minimum Gasteiger partial charge on any atom is -0.228 e. The molecule has 2 heterocycles. The Morgan fingerprint density at radius 2 is 0.885 bits per heavy atom. The summed E-state index contributed by atoms with van der Waals surface area (Å²) in [6, 6.07) is 53.6. The lowest BCUT2D eigenvalue weighted by atomic mass is 9.77. The molecular weight excluding hydrogens is 633 g/mol. The van der Waals surface area contributed by atoms with E-state index in [1.54, 1.807) is 0 Å². The van der Waals surface area contributed by atoms with Crippen molar-refractivity contribution in [2.24, 2.45) is 0 Å². The Morgan fingerprint density at radius 1 is 0.481 bits per heavy atom. The van der Waals surface area contributed by atoms with Crippen LogP contribution in [0.25, 0.3) is 62.1 Å². The highest BCUT2D eigenvalue weighted by Gasteiger charge is 2.23. The van der Waals surface area contributed by atoms with Gasteiger partial charge in [-0.05, 0) is 35.8 Å². The van der Waals surface area contributed by atoms with Gasteiger partial charge in [0.1, 0.15) is 0 Å². The molecule has 0 saturated carbocycles. The molecule has 0 unspecified atom stereocenters. The van der Waals surface area contributed by atoms with E-state index in [-0.39, 0.29) is 5.41 Å². The predicted molar refractivity (Wildman–Crippen MR) is 216 cm³/mol. The molecule has 52 heavy (non-hydrogen) atoms. The first kappa shape index (κ1) is 34.0. The number of hydrogen-bond donors (Lipinski definition) is 0. The van der Waals surface area contributed by atoms with E-state index in [1.807, 2.05) is 104 Å². The van der Waals surface area contributed by atoms with Gasteiger partial charge in [-0.1, -0.05) is 184 Å². The average Bonchev–Trinajstić information content (AvgIpc) is 3.22. The molecule has 0 spiro atoms. The van der Waals surface area contributed by atoms with Gasteiger partial charge in [-0.2, -0.15) is 0 Å². The Balaban J connectivity index is 1.16. The second-order valence-electron chi connectivity index (χ2n) is 13.2. The van der Waals surface area contributed by atoms with Crippen LogP contribution in [-0.4, -0.2) is 19.9 Å². The molecule has 5 aromatic carbocycles. The van der Waals surface area contributed by atoms with Crippen molar-refractivity contribution in [2.75, 3.05) is 0 Å². The van der Waals surface area contributed by atoms with Crippen LogP contribution in [0.15, 0.2) is 188 Å². The minimum atomic E-state index is -0.333. The van der Waals surface area contributed by atoms with Crippen molar-refractivity contribution in [1.82, 2.24) is 19.9 Å². The van der Waals surface area contributed by atoms with Gasteiger partial charge in [-0.15, -0.1) is 0 Å². The minimum absolute atomic E-state index is 0.333. The van der Waals surface area contributed by atoms with Crippen LogP contribution in [0.2, 0.25) is 0 Å². The quantitative estimate of drug-likeness (QED) is 0.136. The third-order valence-corrected chi connectivity index (χ3v) is 9.43. The summed E-state index contributed by atoms with van der Waals surface area (Å²) in [7, 11) is 0. The van der Waals surface area contributed by atoms with Crippen LogP contribution in [0.1, 0.15) is 32.0 Å². The van der Waals surface area contributed by atoms with E-state index in [1.165, 1.54) is 0 Å². The van der Waals surface area contributed by atoms with Crippen LogP contribution in [0.3, 0.4) is 0 Å². The highest BCUT2D eigenvalue weighted by atomic mass is 14.9. The van der Waals surface area contributed by atoms with Gasteiger partial charge in [0.15, 0.2) is 11.6 Å². The molecule has 0 amide bonds. The van der Waals surface area contributed by atoms with E-state index in [2.05, 4.69) is 99.3 Å². The van der Waals surface area contributed by atoms with Gasteiger partial charge >= 0.3 is 0 Å². The van der Waals surface area contributed by atoms with Crippen molar-refractivity contribution in [3.05, 3.63) is 199 Å². The second kappa shape index (κ2) is 15.2. The summed E-state index contributed by atoms with van der Waals surface area (Å²) >= 11 is 0. The van der Waals surface area contributed by atoms with Crippen LogP contribution < -0.4 is 0 Å². The van der Waals surface area contributed by atoms with E-state index in [9.17, 15) is 0 Å². The molecule has 0 radical (unpaired) electrons. The lowest BCUT2D eigenvalue weighted by molar-refractivity contribution is 0.642. The molecule has 0 fully saturated rings. The molecule has 0 aliphatic heterocycles. The number of nitrogens with zero attached hydrogens (tertiary/aromatic N) is 4. The molecule has 7 aromatic rings. The van der Waals surface area contributed by atoms with Crippen molar-refractivity contribution in [3.8, 4) is 56.5 Å². The van der Waals surface area contributed by atoms with Crippen LogP contribution in [-0.2, 0) is 5.41 Å². The molecule has 0 aliphatic carbocycles. The molecule has 4 heteroatoms. The number of aromatic nitrogens is 4. The fourth-order valence-corrected chi connectivity index (χ4v) is 6.11. The van der Waals surface area contributed by atoms with E-state index >= 15 is 0 Å². The van der Waals surface area contributed by atoms with E-state index in [4.69, 9.17) is 19.9 Å². The molecule has 0 atom stereocenters. The summed E-state index contributed by atoms with van der Waals surface area (Å²) in [5, 5.41) is 0. The standard InChI is InChI=1S/C48H40N4/c1-5-35(42-32-43(36-18-10-6-11-19-36)50-46(49-42)39-22-14-8-15-23-39)27-26-34(2)48(3,4)41-30-28-38(29-31-41)45-33-44(37-20-12-7-13-21-37)51-47(52-45)40-24-16-9-17-25-40/h5-33H,2H2,1,3-4H3/b27-26-,35-5+. The van der Waals surface area contributed by atoms with Crippen LogP contribution in [0.5, 0.6) is 0 Å². The van der Waals surface area contributed by atoms with Gasteiger partial charge in [0.25, 0.3) is 0 Å². The first-order valence-electron chi connectivity index (χ1n) is 17.5. The van der Waals surface area contributed by atoms with Gasteiger partial charge in [-0.25, -0.2) is 19.9 Å². The number of benzene rings is 5. The Hall–Kier alpha value is -6.52. The van der Waals surface area contributed by atoms with Gasteiger partial charge in [0.05, 0.1) is 22.8 Å². The third kappa shape index (κ3) is 7.47. The largest absolute Gasteiger partial charge is 0.228 e. The Kier molecular flexibility index (Phi) is 9.90. The van der Waals surface area contributed by atoms with Gasteiger partial charge < -0.3 is 0 Å². The molecular formula is C48H40N4. The fraction of sp³-hybridized carbons (Fsp3) is 0.0833. The third-order valence-electron chi connectivity index (χ3n) is 9.43. The lowest BCUT2D eigenvalue weighted by Crippen LogP contribution is -2.18. The molecule has 0 N–H and O–H groups in total. The zero-order chi connectivity index (χ0) is 35.9. The summed E-state index contributed by atoms with van der Waals surface area (Å²) in [5.74, 6) is 1.40. The lowest BCUT2D eigenvalue weighted by Gasteiger charge is -2.26. The smallest absolute Gasteiger partial charge is 0.160 e. The van der Waals surface area contributed by atoms with Crippen molar-refractivity contribution in [1.29, 1.82) is 0 Å². The maximum Gasteiger partial charge on any atom is 0.160 e. The summed E-state index contributed by atoms with van der Waals surface area (Å²) < 4.78 is 0. The zero-order valence-corrected chi connectivity index (χ0v) is 29.7. The molecule has 2 aromatic heterocycles. The first-order chi connectivity index (χ1) is 25.4. The Morgan fingerprint density at radius 3 is 1.35 bits per heavy atom. The highest BCUT2D eigenvalue weighted by molar-refractivity contribution is 5.77. The molecule has 0 bridgehead atoms. The summed E-state index contributed by atoms with van der Waals surface area (Å²) in [6.07, 6.45) is 6.31. The van der Waals surface area contributed by atoms with Crippen molar-refractivity contribution >= 4 is 5.57 Å². The summed E-state index contributed by atoms with van der Waals surface area (Å²) in [5.41, 5.74) is 11.4. The van der Waals surface area contributed by atoms with Crippen molar-refractivity contribution < 1.29 is 0 Å². The van der Waals surface area contributed by atoms with Crippen molar-refractivity contribution in [3.63, 3.8) is 0 Å².